The van der Waals surface area contributed by atoms with Crippen LogP contribution in [0.5, 0.6) is 0 Å². The highest BCUT2D eigenvalue weighted by atomic mass is 16.5. The summed E-state index contributed by atoms with van der Waals surface area (Å²) in [7, 11) is 4.01. The number of likely N-dealkylation sites (N-methyl/N-ethyl adjacent to an activating group) is 1. The first-order chi connectivity index (χ1) is 12.2. The number of nitrogens with one attached hydrogen (secondary N) is 2. The molecule has 0 radical (unpaired) electrons. The molecule has 0 aromatic carbocycles. The van der Waals surface area contributed by atoms with Gasteiger partial charge in [-0.05, 0) is 20.5 Å². The van der Waals surface area contributed by atoms with Gasteiger partial charge in [0.2, 0.25) is 11.8 Å². The first-order valence-corrected chi connectivity index (χ1v) is 9.57. The highest BCUT2D eigenvalue weighted by molar-refractivity contribution is 5.78. The summed E-state index contributed by atoms with van der Waals surface area (Å²) in [6, 6.07) is 0. The van der Waals surface area contributed by atoms with Crippen LogP contribution < -0.4 is 10.6 Å². The van der Waals surface area contributed by atoms with Crippen LogP contribution in [0.4, 0.5) is 0 Å². The molecule has 2 N–H and O–H groups in total. The summed E-state index contributed by atoms with van der Waals surface area (Å²) in [6.07, 6.45) is 1.03. The molecule has 0 aliphatic rings. The van der Waals surface area contributed by atoms with E-state index >= 15 is 0 Å². The third-order valence-electron chi connectivity index (χ3n) is 3.17. The Morgan fingerprint density at radius 2 is 1.22 bits per heavy atom. The standard InChI is InChI=1S/C10H22N2O2.C9H19NO2.CH4/c1-9(2)10(13)11-5-7-14-8-6-12(3)4;1-4-6-12-7-5-10-9(11)8(2)3;/h9H,5-8H2,1-4H3,(H,11,13);8H,4-7H2,1-3H3,(H,10,11);1H4. The van der Waals surface area contributed by atoms with Crippen molar-refractivity contribution < 1.29 is 19.1 Å². The molecular weight excluding hydrogens is 346 g/mol. The Balaban J connectivity index is -0.000000416. The Morgan fingerprint density at radius 1 is 0.815 bits per heavy atom. The lowest BCUT2D eigenvalue weighted by Crippen LogP contribution is -2.31. The maximum absolute atomic E-state index is 11.1. The van der Waals surface area contributed by atoms with Gasteiger partial charge in [0.1, 0.15) is 0 Å². The molecule has 27 heavy (non-hydrogen) atoms. The molecule has 0 rings (SSSR count). The minimum absolute atomic E-state index is 0. The second-order valence-corrected chi connectivity index (χ2v) is 6.92. The summed E-state index contributed by atoms with van der Waals surface area (Å²) in [5.74, 6) is 0.296. The average Bonchev–Trinajstić information content (AvgIpc) is 2.57. The first-order valence-electron chi connectivity index (χ1n) is 9.57. The smallest absolute Gasteiger partial charge is 0.222 e. The van der Waals surface area contributed by atoms with Crippen LogP contribution in [0.1, 0.15) is 48.5 Å². The number of nitrogens with zero attached hydrogens (tertiary/aromatic N) is 1. The summed E-state index contributed by atoms with van der Waals surface area (Å²) in [5.41, 5.74) is 0. The molecular formula is C20H45N3O4. The Hall–Kier alpha value is -1.18. The number of carbonyl (C=O) groups is 2. The van der Waals surface area contributed by atoms with Crippen molar-refractivity contribution in [3.63, 3.8) is 0 Å². The van der Waals surface area contributed by atoms with Gasteiger partial charge in [-0.3, -0.25) is 9.59 Å². The number of hydrogen-bond donors (Lipinski definition) is 2. The lowest BCUT2D eigenvalue weighted by atomic mass is 10.2. The van der Waals surface area contributed by atoms with E-state index in [1.165, 1.54) is 0 Å². The van der Waals surface area contributed by atoms with E-state index in [-0.39, 0.29) is 31.1 Å². The van der Waals surface area contributed by atoms with Crippen molar-refractivity contribution in [1.29, 1.82) is 0 Å². The number of rotatable bonds is 13. The summed E-state index contributed by atoms with van der Waals surface area (Å²) in [5, 5.41) is 5.57. The van der Waals surface area contributed by atoms with E-state index in [1.807, 2.05) is 41.8 Å². The Morgan fingerprint density at radius 3 is 1.56 bits per heavy atom. The summed E-state index contributed by atoms with van der Waals surface area (Å²) in [4.78, 5) is 24.2. The van der Waals surface area contributed by atoms with Gasteiger partial charge < -0.3 is 25.0 Å². The van der Waals surface area contributed by atoms with E-state index in [0.717, 1.165) is 19.6 Å². The molecule has 0 aromatic rings. The van der Waals surface area contributed by atoms with E-state index in [1.54, 1.807) is 0 Å². The topological polar surface area (TPSA) is 79.9 Å². The van der Waals surface area contributed by atoms with Crippen molar-refractivity contribution in [3.8, 4) is 0 Å². The van der Waals surface area contributed by atoms with E-state index in [9.17, 15) is 9.59 Å². The highest BCUT2D eigenvalue weighted by Crippen LogP contribution is 1.90. The minimum atomic E-state index is 0. The van der Waals surface area contributed by atoms with Crippen LogP contribution in [0.2, 0.25) is 0 Å². The lowest BCUT2D eigenvalue weighted by molar-refractivity contribution is -0.125. The van der Waals surface area contributed by atoms with E-state index < -0.39 is 0 Å². The van der Waals surface area contributed by atoms with Crippen LogP contribution in [0, 0.1) is 11.8 Å². The number of amides is 2. The van der Waals surface area contributed by atoms with E-state index in [2.05, 4.69) is 22.5 Å². The molecule has 0 bridgehead atoms. The number of hydrogen-bond acceptors (Lipinski definition) is 5. The van der Waals surface area contributed by atoms with Gasteiger partial charge in [0.05, 0.1) is 19.8 Å². The van der Waals surface area contributed by atoms with E-state index in [0.29, 0.717) is 32.9 Å². The SMILES string of the molecule is C.CC(C)C(=O)NCCOCCN(C)C.CCCOCCNC(=O)C(C)C. The van der Waals surface area contributed by atoms with Gasteiger partial charge >= 0.3 is 0 Å². The third-order valence-corrected chi connectivity index (χ3v) is 3.17. The lowest BCUT2D eigenvalue weighted by Gasteiger charge is -2.10. The van der Waals surface area contributed by atoms with Crippen molar-refractivity contribution in [1.82, 2.24) is 15.5 Å². The summed E-state index contributed by atoms with van der Waals surface area (Å²) >= 11 is 0. The minimum Gasteiger partial charge on any atom is -0.380 e. The third kappa shape index (κ3) is 24.8. The molecule has 0 unspecified atom stereocenters. The second-order valence-electron chi connectivity index (χ2n) is 6.92. The van der Waals surface area contributed by atoms with Crippen molar-refractivity contribution >= 4 is 11.8 Å². The number of carbonyl (C=O) groups excluding carboxylic acids is 2. The summed E-state index contributed by atoms with van der Waals surface area (Å²) < 4.78 is 10.5. The predicted molar refractivity (Wildman–Crippen MR) is 113 cm³/mol. The van der Waals surface area contributed by atoms with Gasteiger partial charge in [-0.2, -0.15) is 0 Å². The van der Waals surface area contributed by atoms with Gasteiger partial charge in [0.25, 0.3) is 0 Å². The Bertz CT molecular complexity index is 348. The van der Waals surface area contributed by atoms with E-state index in [4.69, 9.17) is 9.47 Å². The summed E-state index contributed by atoms with van der Waals surface area (Å²) in [6.45, 7) is 14.4. The normalized spacial score (nSPS) is 10.3. The van der Waals surface area contributed by atoms with Crippen LogP contribution in [-0.2, 0) is 19.1 Å². The maximum Gasteiger partial charge on any atom is 0.222 e. The van der Waals surface area contributed by atoms with Crippen LogP contribution in [0.15, 0.2) is 0 Å². The van der Waals surface area contributed by atoms with Gasteiger partial charge in [0.15, 0.2) is 0 Å². The largest absolute Gasteiger partial charge is 0.380 e. The van der Waals surface area contributed by atoms with Gasteiger partial charge in [-0.1, -0.05) is 42.0 Å². The molecule has 0 heterocycles. The molecule has 164 valence electrons. The van der Waals surface area contributed by atoms with Gasteiger partial charge in [-0.15, -0.1) is 0 Å². The highest BCUT2D eigenvalue weighted by Gasteiger charge is 2.05. The quantitative estimate of drug-likeness (QED) is 0.470. The van der Waals surface area contributed by atoms with Crippen molar-refractivity contribution in [2.45, 2.75) is 48.5 Å². The molecule has 0 aliphatic heterocycles. The monoisotopic (exact) mass is 391 g/mol. The maximum atomic E-state index is 11.1. The molecule has 0 atom stereocenters. The average molecular weight is 392 g/mol. The van der Waals surface area contributed by atoms with Gasteiger partial charge in [0, 0.05) is 38.1 Å². The number of ether oxygens (including phenoxy) is 2. The zero-order valence-electron chi connectivity index (χ0n) is 17.9. The second kappa shape index (κ2) is 21.1. The Labute approximate surface area is 167 Å². The molecule has 0 aromatic heterocycles. The molecule has 7 heteroatoms. The first kappa shape index (κ1) is 30.5. The molecule has 0 spiro atoms. The molecule has 0 saturated heterocycles. The van der Waals surface area contributed by atoms with Crippen LogP contribution >= 0.6 is 0 Å². The molecule has 2 amide bonds. The fourth-order valence-electron chi connectivity index (χ4n) is 1.50. The van der Waals surface area contributed by atoms with Crippen molar-refractivity contribution in [2.24, 2.45) is 11.8 Å². The fourth-order valence-corrected chi connectivity index (χ4v) is 1.50. The molecule has 0 aliphatic carbocycles. The fraction of sp³-hybridized carbons (Fsp3) is 0.900. The molecule has 0 fully saturated rings. The zero-order valence-corrected chi connectivity index (χ0v) is 17.9. The predicted octanol–water partition coefficient (Wildman–Crippen LogP) is 2.16. The van der Waals surface area contributed by atoms with Gasteiger partial charge in [-0.25, -0.2) is 0 Å². The zero-order chi connectivity index (χ0) is 20.4. The van der Waals surface area contributed by atoms with Crippen LogP contribution in [-0.4, -0.2) is 76.9 Å². The van der Waals surface area contributed by atoms with Crippen molar-refractivity contribution in [3.05, 3.63) is 0 Å². The van der Waals surface area contributed by atoms with Crippen LogP contribution in [0.3, 0.4) is 0 Å². The van der Waals surface area contributed by atoms with Crippen molar-refractivity contribution in [2.75, 3.05) is 60.2 Å². The molecule has 7 nitrogen and oxygen atoms in total. The van der Waals surface area contributed by atoms with Crippen LogP contribution in [0.25, 0.3) is 0 Å². The Kier molecular flexibility index (Phi) is 23.9. The molecule has 0 saturated carbocycles.